The topological polar surface area (TPSA) is 60.3 Å². The number of carbonyl (C=O) groups excluding carboxylic acids is 1. The largest absolute Gasteiger partial charge is 0.496 e. The number of rotatable bonds is 5. The number of hydrogen-bond donors (Lipinski definition) is 1. The van der Waals surface area contributed by atoms with Gasteiger partial charge in [-0.3, -0.25) is 9.59 Å². The zero-order valence-corrected chi connectivity index (χ0v) is 12.2. The summed E-state index contributed by atoms with van der Waals surface area (Å²) in [6, 6.07) is 6.83. The fourth-order valence-electron chi connectivity index (χ4n) is 1.88. The van der Waals surface area contributed by atoms with E-state index in [2.05, 4.69) is 5.32 Å². The van der Waals surface area contributed by atoms with Crippen LogP contribution in [0.1, 0.15) is 15.4 Å². The Kier molecular flexibility index (Phi) is 4.57. The van der Waals surface area contributed by atoms with Crippen molar-refractivity contribution in [3.8, 4) is 5.75 Å². The summed E-state index contributed by atoms with van der Waals surface area (Å²) < 4.78 is 6.65. The van der Waals surface area contributed by atoms with E-state index in [1.807, 2.05) is 18.4 Å². The van der Waals surface area contributed by atoms with Crippen molar-refractivity contribution in [1.82, 2.24) is 9.88 Å². The number of methoxy groups -OCH3 is 1. The molecule has 20 heavy (non-hydrogen) atoms. The Bertz CT molecular complexity index is 647. The highest BCUT2D eigenvalue weighted by atomic mass is 32.1. The molecule has 0 saturated carbocycles. The highest BCUT2D eigenvalue weighted by molar-refractivity contribution is 7.12. The van der Waals surface area contributed by atoms with Crippen LogP contribution in [0.3, 0.4) is 0 Å². The van der Waals surface area contributed by atoms with Crippen LogP contribution in [0.2, 0.25) is 0 Å². The molecule has 1 amide bonds. The van der Waals surface area contributed by atoms with Crippen molar-refractivity contribution >= 4 is 17.2 Å². The van der Waals surface area contributed by atoms with Crippen molar-refractivity contribution in [2.45, 2.75) is 13.5 Å². The van der Waals surface area contributed by atoms with Gasteiger partial charge in [-0.15, -0.1) is 11.3 Å². The number of nitrogens with zero attached hydrogens (tertiary/aromatic N) is 1. The number of nitrogens with one attached hydrogen (secondary N) is 1. The van der Waals surface area contributed by atoms with Crippen molar-refractivity contribution in [2.24, 2.45) is 0 Å². The second kappa shape index (κ2) is 6.38. The maximum atomic E-state index is 11.9. The summed E-state index contributed by atoms with van der Waals surface area (Å²) in [5.74, 6) is 0.436. The number of amides is 1. The molecule has 2 heterocycles. The molecule has 5 nitrogen and oxygen atoms in total. The SMILES string of the molecule is COc1cc(C)n(CCNC(=O)c2cccs2)c(=O)c1. The van der Waals surface area contributed by atoms with Crippen molar-refractivity contribution in [1.29, 1.82) is 0 Å². The first-order valence-corrected chi connectivity index (χ1v) is 7.07. The van der Waals surface area contributed by atoms with E-state index in [4.69, 9.17) is 4.74 Å². The molecule has 0 fully saturated rings. The average Bonchev–Trinajstić information content (AvgIpc) is 2.95. The zero-order valence-electron chi connectivity index (χ0n) is 11.4. The van der Waals surface area contributed by atoms with Gasteiger partial charge in [-0.2, -0.15) is 0 Å². The summed E-state index contributed by atoms with van der Waals surface area (Å²) in [5.41, 5.74) is 0.673. The minimum atomic E-state index is -0.132. The molecule has 6 heteroatoms. The summed E-state index contributed by atoms with van der Waals surface area (Å²) in [5, 5.41) is 4.65. The minimum absolute atomic E-state index is 0.112. The Morgan fingerprint density at radius 3 is 2.85 bits per heavy atom. The highest BCUT2D eigenvalue weighted by Gasteiger charge is 2.07. The molecule has 2 rings (SSSR count). The van der Waals surface area contributed by atoms with Gasteiger partial charge in [-0.25, -0.2) is 0 Å². The van der Waals surface area contributed by atoms with Gasteiger partial charge in [0.15, 0.2) is 0 Å². The van der Waals surface area contributed by atoms with E-state index in [-0.39, 0.29) is 11.5 Å². The summed E-state index contributed by atoms with van der Waals surface area (Å²) in [6.45, 7) is 2.68. The molecule has 0 aliphatic carbocycles. The third-order valence-corrected chi connectivity index (χ3v) is 3.78. The number of aryl methyl sites for hydroxylation is 1. The summed E-state index contributed by atoms with van der Waals surface area (Å²) in [4.78, 5) is 24.3. The first-order chi connectivity index (χ1) is 9.61. The van der Waals surface area contributed by atoms with Gasteiger partial charge in [-0.05, 0) is 24.4 Å². The molecule has 0 saturated heterocycles. The molecule has 0 atom stereocenters. The van der Waals surface area contributed by atoms with Crippen LogP contribution in [0.15, 0.2) is 34.4 Å². The maximum Gasteiger partial charge on any atom is 0.261 e. The van der Waals surface area contributed by atoms with Crippen LogP contribution in [0.4, 0.5) is 0 Å². The van der Waals surface area contributed by atoms with Gasteiger partial charge in [0.2, 0.25) is 0 Å². The Hall–Kier alpha value is -2.08. The molecule has 2 aromatic heterocycles. The van der Waals surface area contributed by atoms with Crippen LogP contribution in [0.25, 0.3) is 0 Å². The van der Waals surface area contributed by atoms with E-state index in [9.17, 15) is 9.59 Å². The minimum Gasteiger partial charge on any atom is -0.496 e. The summed E-state index contributed by atoms with van der Waals surface area (Å²) >= 11 is 1.39. The number of carbonyl (C=O) groups is 1. The smallest absolute Gasteiger partial charge is 0.261 e. The molecule has 0 bridgehead atoms. The van der Waals surface area contributed by atoms with Crippen molar-refractivity contribution in [3.63, 3.8) is 0 Å². The molecule has 2 aromatic rings. The second-order valence-electron chi connectivity index (χ2n) is 4.26. The number of thiophene rings is 1. The Morgan fingerprint density at radius 2 is 2.25 bits per heavy atom. The quantitative estimate of drug-likeness (QED) is 0.911. The molecular formula is C14H16N2O3S. The molecule has 0 spiro atoms. The van der Waals surface area contributed by atoms with E-state index >= 15 is 0 Å². The van der Waals surface area contributed by atoms with Crippen molar-refractivity contribution in [2.75, 3.05) is 13.7 Å². The fourth-order valence-corrected chi connectivity index (χ4v) is 2.52. The second-order valence-corrected chi connectivity index (χ2v) is 5.21. The normalized spacial score (nSPS) is 10.3. The number of pyridine rings is 1. The molecule has 106 valence electrons. The molecular weight excluding hydrogens is 276 g/mol. The third-order valence-electron chi connectivity index (χ3n) is 2.91. The van der Waals surface area contributed by atoms with Crippen LogP contribution in [0, 0.1) is 6.92 Å². The van der Waals surface area contributed by atoms with Crippen LogP contribution in [0.5, 0.6) is 5.75 Å². The third kappa shape index (κ3) is 3.27. The molecule has 0 aromatic carbocycles. The van der Waals surface area contributed by atoms with E-state index in [1.165, 1.54) is 24.5 Å². The van der Waals surface area contributed by atoms with Gasteiger partial charge < -0.3 is 14.6 Å². The van der Waals surface area contributed by atoms with Crippen LogP contribution in [-0.4, -0.2) is 24.1 Å². The first kappa shape index (κ1) is 14.3. The highest BCUT2D eigenvalue weighted by Crippen LogP contribution is 2.09. The standard InChI is InChI=1S/C14H16N2O3S/c1-10-8-11(19-2)9-13(17)16(10)6-5-15-14(18)12-4-3-7-20-12/h3-4,7-9H,5-6H2,1-2H3,(H,15,18). The maximum absolute atomic E-state index is 11.9. The lowest BCUT2D eigenvalue weighted by molar-refractivity contribution is 0.0956. The Morgan fingerprint density at radius 1 is 1.45 bits per heavy atom. The van der Waals surface area contributed by atoms with Gasteiger partial charge >= 0.3 is 0 Å². The molecule has 1 N–H and O–H groups in total. The number of aromatic nitrogens is 1. The predicted octanol–water partition coefficient (Wildman–Crippen LogP) is 1.66. The summed E-state index contributed by atoms with van der Waals surface area (Å²) in [6.07, 6.45) is 0. The van der Waals surface area contributed by atoms with Gasteiger partial charge in [0.1, 0.15) is 5.75 Å². The van der Waals surface area contributed by atoms with E-state index in [0.29, 0.717) is 23.7 Å². The van der Waals surface area contributed by atoms with E-state index < -0.39 is 0 Å². The molecule has 0 aliphatic heterocycles. The first-order valence-electron chi connectivity index (χ1n) is 6.19. The Balaban J connectivity index is 1.98. The fraction of sp³-hybridized carbons (Fsp3) is 0.286. The zero-order chi connectivity index (χ0) is 14.5. The van der Waals surface area contributed by atoms with Crippen LogP contribution in [-0.2, 0) is 6.54 Å². The van der Waals surface area contributed by atoms with E-state index in [1.54, 1.807) is 16.7 Å². The van der Waals surface area contributed by atoms with Gasteiger partial charge in [0.05, 0.1) is 12.0 Å². The predicted molar refractivity (Wildman–Crippen MR) is 78.6 cm³/mol. The van der Waals surface area contributed by atoms with Crippen LogP contribution >= 0.6 is 11.3 Å². The molecule has 0 radical (unpaired) electrons. The van der Waals surface area contributed by atoms with E-state index in [0.717, 1.165) is 5.69 Å². The van der Waals surface area contributed by atoms with Gasteiger partial charge in [0, 0.05) is 24.8 Å². The van der Waals surface area contributed by atoms with Crippen molar-refractivity contribution < 1.29 is 9.53 Å². The van der Waals surface area contributed by atoms with Crippen LogP contribution < -0.4 is 15.6 Å². The Labute approximate surface area is 120 Å². The lowest BCUT2D eigenvalue weighted by Gasteiger charge is -2.11. The van der Waals surface area contributed by atoms with Crippen molar-refractivity contribution in [3.05, 3.63) is 50.6 Å². The van der Waals surface area contributed by atoms with Gasteiger partial charge in [-0.1, -0.05) is 6.07 Å². The van der Waals surface area contributed by atoms with Gasteiger partial charge in [0.25, 0.3) is 11.5 Å². The lowest BCUT2D eigenvalue weighted by Crippen LogP contribution is -2.31. The lowest BCUT2D eigenvalue weighted by atomic mass is 10.3. The monoisotopic (exact) mass is 292 g/mol. The summed E-state index contributed by atoms with van der Waals surface area (Å²) in [7, 11) is 1.53. The number of ether oxygens (including phenoxy) is 1. The number of hydrogen-bond acceptors (Lipinski definition) is 4. The molecule has 0 unspecified atom stereocenters. The molecule has 0 aliphatic rings. The average molecular weight is 292 g/mol.